The van der Waals surface area contributed by atoms with Gasteiger partial charge in [0.1, 0.15) is 10.7 Å². The Morgan fingerprint density at radius 1 is 1.10 bits per heavy atom. The first-order valence-electron chi connectivity index (χ1n) is 9.62. The van der Waals surface area contributed by atoms with Crippen molar-refractivity contribution in [2.24, 2.45) is 4.40 Å². The summed E-state index contributed by atoms with van der Waals surface area (Å²) in [6.07, 6.45) is 0.736. The van der Waals surface area contributed by atoms with E-state index in [2.05, 4.69) is 9.71 Å². The number of urea groups is 1. The average Bonchev–Trinajstić information content (AvgIpc) is 2.78. The summed E-state index contributed by atoms with van der Waals surface area (Å²) in [5.41, 5.74) is 0.894. The molecule has 1 N–H and O–H groups in total. The summed E-state index contributed by atoms with van der Waals surface area (Å²) in [5, 5.41) is 3.52. The molecule has 0 spiro atoms. The summed E-state index contributed by atoms with van der Waals surface area (Å²) in [4.78, 5) is 16.4. The van der Waals surface area contributed by atoms with Crippen LogP contribution in [0.1, 0.15) is 39.7 Å². The molecule has 29 heavy (non-hydrogen) atoms. The number of hydrogen-bond acceptors (Lipinski definition) is 4. The van der Waals surface area contributed by atoms with E-state index in [0.717, 1.165) is 6.42 Å². The van der Waals surface area contributed by atoms with E-state index in [1.54, 1.807) is 36.1 Å². The lowest BCUT2D eigenvalue weighted by molar-refractivity contribution is 0.191. The summed E-state index contributed by atoms with van der Waals surface area (Å²) in [6.45, 7) is 9.90. The van der Waals surface area contributed by atoms with Crippen molar-refractivity contribution in [3.05, 3.63) is 40.4 Å². The molecular formula is C20H27ClN4O3S. The first-order chi connectivity index (χ1) is 13.5. The van der Waals surface area contributed by atoms with Gasteiger partial charge in [-0.3, -0.25) is 0 Å². The molecule has 158 valence electrons. The van der Waals surface area contributed by atoms with E-state index in [1.807, 2.05) is 25.7 Å². The van der Waals surface area contributed by atoms with Crippen LogP contribution in [0.2, 0.25) is 5.02 Å². The van der Waals surface area contributed by atoms with Crippen molar-refractivity contribution >= 4 is 38.4 Å². The van der Waals surface area contributed by atoms with E-state index in [-0.39, 0.29) is 16.5 Å². The summed E-state index contributed by atoms with van der Waals surface area (Å²) in [6, 6.07) is 6.62. The predicted molar refractivity (Wildman–Crippen MR) is 116 cm³/mol. The van der Waals surface area contributed by atoms with Gasteiger partial charge in [-0.05, 0) is 51.8 Å². The van der Waals surface area contributed by atoms with E-state index in [1.165, 1.54) is 0 Å². The fourth-order valence-corrected chi connectivity index (χ4v) is 5.13. The molecule has 2 amide bonds. The van der Waals surface area contributed by atoms with Gasteiger partial charge in [-0.2, -0.15) is 8.42 Å². The van der Waals surface area contributed by atoms with Crippen molar-refractivity contribution < 1.29 is 13.2 Å². The van der Waals surface area contributed by atoms with Crippen molar-refractivity contribution in [3.8, 4) is 0 Å². The fourth-order valence-electron chi connectivity index (χ4n) is 3.52. The molecular weight excluding hydrogens is 412 g/mol. The van der Waals surface area contributed by atoms with Crippen LogP contribution in [0.5, 0.6) is 0 Å². The van der Waals surface area contributed by atoms with E-state index in [0.29, 0.717) is 48.2 Å². The number of amidine groups is 1. The molecule has 0 aromatic heterocycles. The largest absolute Gasteiger partial charge is 0.354 e. The highest BCUT2D eigenvalue weighted by molar-refractivity contribution is 8.00. The number of benzene rings is 1. The van der Waals surface area contributed by atoms with Gasteiger partial charge in [0.2, 0.25) is 0 Å². The van der Waals surface area contributed by atoms with Gasteiger partial charge in [0.25, 0.3) is 10.0 Å². The zero-order valence-corrected chi connectivity index (χ0v) is 18.8. The van der Waals surface area contributed by atoms with E-state index in [4.69, 9.17) is 11.6 Å². The summed E-state index contributed by atoms with van der Waals surface area (Å²) >= 11 is 5.93. The minimum atomic E-state index is -3.78. The highest BCUT2D eigenvalue weighted by Gasteiger charge is 2.34. The lowest BCUT2D eigenvalue weighted by Crippen LogP contribution is -2.49. The van der Waals surface area contributed by atoms with Gasteiger partial charge >= 0.3 is 6.03 Å². The fraction of sp³-hybridized carbons (Fsp3) is 0.500. The number of sulfonamides is 1. The molecule has 9 heteroatoms. The molecule has 1 aromatic carbocycles. The second-order valence-electron chi connectivity index (χ2n) is 8.36. The first kappa shape index (κ1) is 21.6. The number of hydrogen-bond donors (Lipinski definition) is 1. The SMILES string of the molecule is CC1=C(c2ccc(Cl)cc2)S(=O)(=O)N=C1N1CCCN(C(=O)NC(C)(C)C)CC1. The van der Waals surface area contributed by atoms with Crippen molar-refractivity contribution in [1.29, 1.82) is 0 Å². The van der Waals surface area contributed by atoms with Crippen LogP contribution >= 0.6 is 11.6 Å². The van der Waals surface area contributed by atoms with Crippen molar-refractivity contribution in [2.45, 2.75) is 39.7 Å². The van der Waals surface area contributed by atoms with Crippen molar-refractivity contribution in [3.63, 3.8) is 0 Å². The third-order valence-corrected chi connectivity index (χ3v) is 6.53. The zero-order valence-electron chi connectivity index (χ0n) is 17.2. The van der Waals surface area contributed by atoms with E-state index < -0.39 is 10.0 Å². The molecule has 0 atom stereocenters. The van der Waals surface area contributed by atoms with E-state index in [9.17, 15) is 13.2 Å². The van der Waals surface area contributed by atoms with Crippen LogP contribution in [0.15, 0.2) is 34.2 Å². The quantitative estimate of drug-likeness (QED) is 0.729. The highest BCUT2D eigenvalue weighted by atomic mass is 35.5. The van der Waals surface area contributed by atoms with Gasteiger partial charge in [0.15, 0.2) is 0 Å². The number of amides is 2. The monoisotopic (exact) mass is 438 g/mol. The lowest BCUT2D eigenvalue weighted by atomic mass is 10.1. The molecule has 0 bridgehead atoms. The molecule has 2 heterocycles. The normalized spacial score (nSPS) is 19.8. The maximum Gasteiger partial charge on any atom is 0.317 e. The topological polar surface area (TPSA) is 82.1 Å². The Morgan fingerprint density at radius 2 is 1.76 bits per heavy atom. The lowest BCUT2D eigenvalue weighted by Gasteiger charge is -2.28. The van der Waals surface area contributed by atoms with Crippen LogP contribution in [0.25, 0.3) is 4.91 Å². The van der Waals surface area contributed by atoms with Crippen molar-refractivity contribution in [2.75, 3.05) is 26.2 Å². The molecule has 0 aliphatic carbocycles. The molecule has 0 radical (unpaired) electrons. The minimum absolute atomic E-state index is 0.102. The Morgan fingerprint density at radius 3 is 2.38 bits per heavy atom. The summed E-state index contributed by atoms with van der Waals surface area (Å²) < 4.78 is 29.6. The Labute approximate surface area is 177 Å². The second-order valence-corrected chi connectivity index (χ2v) is 10.3. The average molecular weight is 439 g/mol. The van der Waals surface area contributed by atoms with Gasteiger partial charge in [-0.15, -0.1) is 4.40 Å². The van der Waals surface area contributed by atoms with Gasteiger partial charge < -0.3 is 15.1 Å². The smallest absolute Gasteiger partial charge is 0.317 e. The molecule has 1 saturated heterocycles. The molecule has 0 unspecified atom stereocenters. The molecule has 1 fully saturated rings. The first-order valence-corrected chi connectivity index (χ1v) is 11.4. The standard InChI is InChI=1S/C20H27ClN4O3S/c1-14-17(15-6-8-16(21)9-7-15)29(27,28)23-18(14)24-10-5-11-25(13-12-24)19(26)22-20(2,3)4/h6-9H,5,10-13H2,1-4H3,(H,22,26). The van der Waals surface area contributed by atoms with Gasteiger partial charge in [-0.25, -0.2) is 4.79 Å². The Kier molecular flexibility index (Phi) is 5.96. The van der Waals surface area contributed by atoms with Crippen LogP contribution in [0.3, 0.4) is 0 Å². The van der Waals surface area contributed by atoms with E-state index >= 15 is 0 Å². The Balaban J connectivity index is 1.80. The van der Waals surface area contributed by atoms with Crippen LogP contribution < -0.4 is 5.32 Å². The molecule has 7 nitrogen and oxygen atoms in total. The number of halogens is 1. The highest BCUT2D eigenvalue weighted by Crippen LogP contribution is 2.34. The third kappa shape index (κ3) is 4.93. The second kappa shape index (κ2) is 7.99. The van der Waals surface area contributed by atoms with Crippen LogP contribution in [-0.4, -0.2) is 61.8 Å². The van der Waals surface area contributed by atoms with Crippen LogP contribution in [0.4, 0.5) is 4.79 Å². The van der Waals surface area contributed by atoms with Gasteiger partial charge in [0.05, 0.1) is 0 Å². The zero-order chi connectivity index (χ0) is 21.4. The number of carbonyl (C=O) groups excluding carboxylic acids is 1. The number of carbonyl (C=O) groups is 1. The molecule has 3 rings (SSSR count). The number of nitrogens with zero attached hydrogens (tertiary/aromatic N) is 3. The van der Waals surface area contributed by atoms with Gasteiger partial charge in [-0.1, -0.05) is 23.7 Å². The Bertz CT molecular complexity index is 962. The molecule has 0 saturated carbocycles. The number of nitrogens with one attached hydrogen (secondary N) is 1. The maximum atomic E-state index is 12.7. The molecule has 2 aliphatic heterocycles. The summed E-state index contributed by atoms with van der Waals surface area (Å²) in [7, 11) is -3.78. The third-order valence-electron chi connectivity index (χ3n) is 4.81. The maximum absolute atomic E-state index is 12.7. The molecule has 1 aromatic rings. The predicted octanol–water partition coefficient (Wildman–Crippen LogP) is 3.33. The van der Waals surface area contributed by atoms with Crippen molar-refractivity contribution in [1.82, 2.24) is 15.1 Å². The minimum Gasteiger partial charge on any atom is -0.354 e. The Hall–Kier alpha value is -2.06. The van der Waals surface area contributed by atoms with Gasteiger partial charge in [0, 0.05) is 42.3 Å². The number of rotatable bonds is 1. The molecule has 2 aliphatic rings. The summed E-state index contributed by atoms with van der Waals surface area (Å²) in [5.74, 6) is 0.466. The van der Waals surface area contributed by atoms with Crippen LogP contribution in [-0.2, 0) is 10.0 Å². The van der Waals surface area contributed by atoms with Crippen LogP contribution in [0, 0.1) is 0 Å².